The zero-order chi connectivity index (χ0) is 13.3. The average molecular weight is 269 g/mol. The minimum atomic E-state index is 0.170. The molecule has 102 valence electrons. The minimum Gasteiger partial charge on any atom is -0.338 e. The van der Waals surface area contributed by atoms with Crippen LogP contribution in [0.3, 0.4) is 0 Å². The Morgan fingerprint density at radius 2 is 2.11 bits per heavy atom. The van der Waals surface area contributed by atoms with Crippen LogP contribution >= 0.6 is 12.2 Å². The molecule has 2 rings (SSSR count). The molecule has 1 aromatic rings. The zero-order valence-electron chi connectivity index (χ0n) is 11.7. The van der Waals surface area contributed by atoms with Crippen LogP contribution in [-0.2, 0) is 6.54 Å². The molecule has 5 nitrogen and oxygen atoms in total. The van der Waals surface area contributed by atoms with Crippen LogP contribution in [0.1, 0.15) is 27.2 Å². The third kappa shape index (κ3) is 2.44. The Morgan fingerprint density at radius 3 is 2.72 bits per heavy atom. The van der Waals surface area contributed by atoms with E-state index in [1.807, 2.05) is 0 Å². The quantitative estimate of drug-likeness (QED) is 0.851. The standard InChI is InChI=1S/C12H23N5S/c1-5-6-17-10(13-14-11(17)18)16-8-7-15(4)12(2,3)9-16/h5-9H2,1-4H3,(H,14,18). The summed E-state index contributed by atoms with van der Waals surface area (Å²) in [5.74, 6) is 0.989. The first-order chi connectivity index (χ1) is 8.45. The van der Waals surface area contributed by atoms with Crippen molar-refractivity contribution in [1.82, 2.24) is 19.7 Å². The van der Waals surface area contributed by atoms with Crippen LogP contribution < -0.4 is 4.90 Å². The van der Waals surface area contributed by atoms with Gasteiger partial charge in [-0.25, -0.2) is 5.10 Å². The van der Waals surface area contributed by atoms with Crippen LogP contribution in [0.4, 0.5) is 5.95 Å². The molecule has 0 aromatic carbocycles. The van der Waals surface area contributed by atoms with Crippen molar-refractivity contribution in [3.8, 4) is 0 Å². The lowest BCUT2D eigenvalue weighted by Gasteiger charge is -2.45. The second-order valence-corrected chi connectivity index (χ2v) is 6.02. The van der Waals surface area contributed by atoms with Crippen molar-refractivity contribution in [3.63, 3.8) is 0 Å². The Labute approximate surface area is 114 Å². The van der Waals surface area contributed by atoms with Crippen molar-refractivity contribution in [2.45, 2.75) is 39.3 Å². The molecule has 2 heterocycles. The molecule has 0 radical (unpaired) electrons. The van der Waals surface area contributed by atoms with Crippen LogP contribution in [0, 0.1) is 4.77 Å². The Bertz CT molecular complexity index is 461. The third-order valence-electron chi connectivity index (χ3n) is 3.78. The molecule has 0 spiro atoms. The summed E-state index contributed by atoms with van der Waals surface area (Å²) in [6.07, 6.45) is 1.07. The summed E-state index contributed by atoms with van der Waals surface area (Å²) in [5, 5.41) is 7.32. The highest BCUT2D eigenvalue weighted by Crippen LogP contribution is 2.23. The zero-order valence-corrected chi connectivity index (χ0v) is 12.5. The first kappa shape index (κ1) is 13.5. The van der Waals surface area contributed by atoms with E-state index in [0.29, 0.717) is 0 Å². The molecule has 1 fully saturated rings. The number of likely N-dealkylation sites (N-methyl/N-ethyl adjacent to an activating group) is 1. The van der Waals surface area contributed by atoms with Crippen molar-refractivity contribution >= 4 is 18.2 Å². The van der Waals surface area contributed by atoms with E-state index < -0.39 is 0 Å². The van der Waals surface area contributed by atoms with E-state index in [0.717, 1.165) is 43.3 Å². The highest BCUT2D eigenvalue weighted by molar-refractivity contribution is 7.71. The van der Waals surface area contributed by atoms with E-state index >= 15 is 0 Å². The normalized spacial score (nSPS) is 20.3. The maximum absolute atomic E-state index is 5.30. The number of nitrogens with one attached hydrogen (secondary N) is 1. The van der Waals surface area contributed by atoms with Gasteiger partial charge in [0.1, 0.15) is 0 Å². The van der Waals surface area contributed by atoms with Crippen molar-refractivity contribution in [2.24, 2.45) is 0 Å². The number of hydrogen-bond acceptors (Lipinski definition) is 4. The first-order valence-corrected chi connectivity index (χ1v) is 6.98. The van der Waals surface area contributed by atoms with Gasteiger partial charge < -0.3 is 4.90 Å². The van der Waals surface area contributed by atoms with Crippen molar-refractivity contribution in [2.75, 3.05) is 31.6 Å². The summed E-state index contributed by atoms with van der Waals surface area (Å²) in [7, 11) is 2.18. The SMILES string of the molecule is CCCn1c(N2CCN(C)C(C)(C)C2)n[nH]c1=S. The van der Waals surface area contributed by atoms with Gasteiger partial charge in [-0.3, -0.25) is 9.47 Å². The Hall–Kier alpha value is -0.880. The summed E-state index contributed by atoms with van der Waals surface area (Å²) < 4.78 is 2.83. The Balaban J connectivity index is 2.25. The van der Waals surface area contributed by atoms with Gasteiger partial charge in [-0.2, -0.15) is 0 Å². The molecule has 0 amide bonds. The molecule has 6 heteroatoms. The van der Waals surface area contributed by atoms with Crippen LogP contribution in [-0.4, -0.2) is 51.9 Å². The molecule has 0 atom stereocenters. The maximum atomic E-state index is 5.30. The molecule has 0 saturated carbocycles. The Kier molecular flexibility index (Phi) is 3.77. The van der Waals surface area contributed by atoms with Crippen LogP contribution in [0.25, 0.3) is 0 Å². The van der Waals surface area contributed by atoms with Gasteiger partial charge in [0.05, 0.1) is 0 Å². The van der Waals surface area contributed by atoms with Gasteiger partial charge in [-0.1, -0.05) is 6.92 Å². The highest BCUT2D eigenvalue weighted by Gasteiger charge is 2.32. The topological polar surface area (TPSA) is 40.1 Å². The molecule has 0 unspecified atom stereocenters. The summed E-state index contributed by atoms with van der Waals surface area (Å²) in [6, 6.07) is 0. The predicted octanol–water partition coefficient (Wildman–Crippen LogP) is 1.88. The number of H-pyrrole nitrogens is 1. The molecule has 18 heavy (non-hydrogen) atoms. The highest BCUT2D eigenvalue weighted by atomic mass is 32.1. The number of anilines is 1. The van der Waals surface area contributed by atoms with Gasteiger partial charge in [-0.05, 0) is 39.5 Å². The van der Waals surface area contributed by atoms with E-state index in [1.165, 1.54) is 0 Å². The number of aromatic amines is 1. The maximum Gasteiger partial charge on any atom is 0.225 e. The molecule has 0 bridgehead atoms. The van der Waals surface area contributed by atoms with E-state index in [2.05, 4.69) is 52.4 Å². The summed E-state index contributed by atoms with van der Waals surface area (Å²) >= 11 is 5.30. The monoisotopic (exact) mass is 269 g/mol. The van der Waals surface area contributed by atoms with Gasteiger partial charge in [0, 0.05) is 31.7 Å². The first-order valence-electron chi connectivity index (χ1n) is 6.57. The molecule has 1 aromatic heterocycles. The van der Waals surface area contributed by atoms with Crippen molar-refractivity contribution in [3.05, 3.63) is 4.77 Å². The Morgan fingerprint density at radius 1 is 1.39 bits per heavy atom. The van der Waals surface area contributed by atoms with Crippen LogP contribution in [0.15, 0.2) is 0 Å². The second kappa shape index (κ2) is 5.01. The molecule has 1 aliphatic rings. The fourth-order valence-electron chi connectivity index (χ4n) is 2.39. The van der Waals surface area contributed by atoms with Gasteiger partial charge in [-0.15, -0.1) is 5.10 Å². The van der Waals surface area contributed by atoms with Gasteiger partial charge in [0.25, 0.3) is 0 Å². The summed E-state index contributed by atoms with van der Waals surface area (Å²) in [4.78, 5) is 4.73. The lowest BCUT2D eigenvalue weighted by molar-refractivity contribution is 0.137. The van der Waals surface area contributed by atoms with E-state index in [-0.39, 0.29) is 5.54 Å². The van der Waals surface area contributed by atoms with Crippen molar-refractivity contribution in [1.29, 1.82) is 0 Å². The van der Waals surface area contributed by atoms with E-state index in [9.17, 15) is 0 Å². The lowest BCUT2D eigenvalue weighted by atomic mass is 10.0. The molecule has 0 aliphatic carbocycles. The van der Waals surface area contributed by atoms with Gasteiger partial charge in [0.15, 0.2) is 4.77 Å². The van der Waals surface area contributed by atoms with E-state index in [4.69, 9.17) is 12.2 Å². The number of rotatable bonds is 3. The fraction of sp³-hybridized carbons (Fsp3) is 0.833. The largest absolute Gasteiger partial charge is 0.338 e. The summed E-state index contributed by atoms with van der Waals surface area (Å²) in [5.41, 5.74) is 0.170. The van der Waals surface area contributed by atoms with Crippen molar-refractivity contribution < 1.29 is 0 Å². The average Bonchev–Trinajstić information content (AvgIpc) is 2.65. The predicted molar refractivity (Wildman–Crippen MR) is 76.6 cm³/mol. The smallest absolute Gasteiger partial charge is 0.225 e. The van der Waals surface area contributed by atoms with Gasteiger partial charge in [0.2, 0.25) is 5.95 Å². The second-order valence-electron chi connectivity index (χ2n) is 5.64. The number of piperazine rings is 1. The van der Waals surface area contributed by atoms with Crippen LogP contribution in [0.2, 0.25) is 0 Å². The molecular formula is C12H23N5S. The number of aromatic nitrogens is 3. The van der Waals surface area contributed by atoms with E-state index in [1.54, 1.807) is 0 Å². The number of hydrogen-bond donors (Lipinski definition) is 1. The third-order valence-corrected chi connectivity index (χ3v) is 4.10. The number of nitrogens with zero attached hydrogens (tertiary/aromatic N) is 4. The fourth-order valence-corrected chi connectivity index (χ4v) is 2.61. The molecule has 1 saturated heterocycles. The molecule has 1 aliphatic heterocycles. The van der Waals surface area contributed by atoms with Crippen LogP contribution in [0.5, 0.6) is 0 Å². The summed E-state index contributed by atoms with van der Waals surface area (Å²) in [6.45, 7) is 10.7. The molecular weight excluding hydrogens is 246 g/mol. The minimum absolute atomic E-state index is 0.170. The van der Waals surface area contributed by atoms with Gasteiger partial charge >= 0.3 is 0 Å². The molecule has 1 N–H and O–H groups in total. The lowest BCUT2D eigenvalue weighted by Crippen LogP contribution is -2.58.